The molecule has 64 valence electrons. The molecule has 0 aliphatic heterocycles. The van der Waals surface area contributed by atoms with E-state index in [0.717, 1.165) is 12.7 Å². The van der Waals surface area contributed by atoms with Crippen molar-refractivity contribution < 1.29 is 13.2 Å². The molecule has 0 saturated heterocycles. The number of hydrogen-bond donors (Lipinski definition) is 0. The third-order valence-electron chi connectivity index (χ3n) is 2.22. The molecular formula is C7H12O3S. The predicted molar refractivity (Wildman–Crippen MR) is 42.0 cm³/mol. The first-order valence-corrected chi connectivity index (χ1v) is 5.63. The number of carbonyl (C=O) groups excluding carboxylic acids is 1. The van der Waals surface area contributed by atoms with Crippen LogP contribution in [-0.4, -0.2) is 26.2 Å². The summed E-state index contributed by atoms with van der Waals surface area (Å²) >= 11 is 0. The van der Waals surface area contributed by atoms with E-state index in [1.165, 1.54) is 6.26 Å². The molecule has 0 radical (unpaired) electrons. The van der Waals surface area contributed by atoms with Crippen LogP contribution in [-0.2, 0) is 14.6 Å². The van der Waals surface area contributed by atoms with Gasteiger partial charge < -0.3 is 4.79 Å². The number of rotatable bonds is 2. The maximum absolute atomic E-state index is 11.0. The molecule has 0 aromatic heterocycles. The summed E-state index contributed by atoms with van der Waals surface area (Å²) < 4.78 is 22.0. The van der Waals surface area contributed by atoms with E-state index in [1.54, 1.807) is 0 Å². The molecule has 1 aliphatic carbocycles. The van der Waals surface area contributed by atoms with E-state index in [9.17, 15) is 13.2 Å². The molecule has 0 heterocycles. The fourth-order valence-corrected chi connectivity index (χ4v) is 2.65. The first-order valence-electron chi connectivity index (χ1n) is 3.68. The highest BCUT2D eigenvalue weighted by molar-refractivity contribution is 7.91. The summed E-state index contributed by atoms with van der Waals surface area (Å²) in [6.07, 6.45) is 4.03. The van der Waals surface area contributed by atoms with Crippen LogP contribution in [0.1, 0.15) is 19.3 Å². The summed E-state index contributed by atoms with van der Waals surface area (Å²) in [5, 5.41) is -0.266. The van der Waals surface area contributed by atoms with Gasteiger partial charge in [0.15, 0.2) is 0 Å². The molecule has 1 fully saturated rings. The first-order chi connectivity index (χ1) is 5.04. The Kier molecular flexibility index (Phi) is 2.32. The Morgan fingerprint density at radius 2 is 2.00 bits per heavy atom. The van der Waals surface area contributed by atoms with Crippen molar-refractivity contribution in [2.24, 2.45) is 5.92 Å². The number of carbonyl (C=O) groups is 1. The third kappa shape index (κ3) is 2.02. The zero-order chi connectivity index (χ0) is 8.48. The summed E-state index contributed by atoms with van der Waals surface area (Å²) in [6.45, 7) is 0. The van der Waals surface area contributed by atoms with Gasteiger partial charge in [0.1, 0.15) is 16.1 Å². The fourth-order valence-electron chi connectivity index (χ4n) is 1.49. The van der Waals surface area contributed by atoms with E-state index in [4.69, 9.17) is 0 Å². The van der Waals surface area contributed by atoms with E-state index in [2.05, 4.69) is 0 Å². The topological polar surface area (TPSA) is 51.2 Å². The largest absolute Gasteiger partial charge is 0.303 e. The lowest BCUT2D eigenvalue weighted by atomic mass is 10.1. The summed E-state index contributed by atoms with van der Waals surface area (Å²) in [7, 11) is -2.90. The Morgan fingerprint density at radius 1 is 1.36 bits per heavy atom. The van der Waals surface area contributed by atoms with Gasteiger partial charge in [-0.25, -0.2) is 8.42 Å². The minimum Gasteiger partial charge on any atom is -0.303 e. The van der Waals surface area contributed by atoms with Crippen molar-refractivity contribution in [3.8, 4) is 0 Å². The Hall–Kier alpha value is -0.380. The summed E-state index contributed by atoms with van der Waals surface area (Å²) in [5.74, 6) is -0.0188. The van der Waals surface area contributed by atoms with Gasteiger partial charge in [-0.15, -0.1) is 0 Å². The maximum Gasteiger partial charge on any atom is 0.150 e. The monoisotopic (exact) mass is 176 g/mol. The second kappa shape index (κ2) is 2.93. The van der Waals surface area contributed by atoms with Crippen LogP contribution < -0.4 is 0 Å². The minimum absolute atomic E-state index is 0.0188. The van der Waals surface area contributed by atoms with Gasteiger partial charge in [-0.05, 0) is 19.3 Å². The average Bonchev–Trinajstić information content (AvgIpc) is 2.32. The minimum atomic E-state index is -2.90. The molecule has 0 aromatic rings. The molecule has 0 aromatic carbocycles. The second-order valence-corrected chi connectivity index (χ2v) is 5.49. The van der Waals surface area contributed by atoms with E-state index in [0.29, 0.717) is 12.8 Å². The van der Waals surface area contributed by atoms with Crippen LogP contribution in [0.2, 0.25) is 0 Å². The lowest BCUT2D eigenvalue weighted by Gasteiger charge is -2.04. The van der Waals surface area contributed by atoms with Crippen molar-refractivity contribution in [1.29, 1.82) is 0 Å². The molecule has 2 atom stereocenters. The molecule has 0 N–H and O–H groups in total. The van der Waals surface area contributed by atoms with Crippen molar-refractivity contribution in [3.05, 3.63) is 0 Å². The predicted octanol–water partition coefficient (Wildman–Crippen LogP) is 0.399. The van der Waals surface area contributed by atoms with E-state index in [1.807, 2.05) is 0 Å². The Balaban J connectivity index is 2.62. The van der Waals surface area contributed by atoms with Crippen LogP contribution in [0.5, 0.6) is 0 Å². The van der Waals surface area contributed by atoms with E-state index in [-0.39, 0.29) is 11.2 Å². The molecule has 1 aliphatic rings. The van der Waals surface area contributed by atoms with Gasteiger partial charge in [-0.2, -0.15) is 0 Å². The highest BCUT2D eigenvalue weighted by atomic mass is 32.2. The maximum atomic E-state index is 11.0. The molecule has 4 heteroatoms. The molecule has 0 bridgehead atoms. The second-order valence-electron chi connectivity index (χ2n) is 3.16. The summed E-state index contributed by atoms with van der Waals surface area (Å²) in [5.41, 5.74) is 0. The molecule has 1 rings (SSSR count). The molecule has 11 heavy (non-hydrogen) atoms. The van der Waals surface area contributed by atoms with Crippen LogP contribution >= 0.6 is 0 Å². The van der Waals surface area contributed by atoms with E-state index >= 15 is 0 Å². The van der Waals surface area contributed by atoms with Gasteiger partial charge in [0.25, 0.3) is 0 Å². The Labute approximate surface area is 66.7 Å². The Morgan fingerprint density at radius 3 is 2.27 bits per heavy atom. The molecule has 0 spiro atoms. The quantitative estimate of drug-likeness (QED) is 0.572. The standard InChI is InChI=1S/C7H12O3S/c1-11(9,10)7-3-2-6(4-7)5-8/h5-7H,2-4H2,1H3/t6-,7-/m0/s1. The highest BCUT2D eigenvalue weighted by Gasteiger charge is 2.30. The van der Waals surface area contributed by atoms with Crippen molar-refractivity contribution in [2.75, 3.05) is 6.26 Å². The Bertz CT molecular complexity index is 242. The van der Waals surface area contributed by atoms with Crippen LogP contribution in [0.15, 0.2) is 0 Å². The molecule has 0 amide bonds. The lowest BCUT2D eigenvalue weighted by molar-refractivity contribution is -0.110. The van der Waals surface area contributed by atoms with E-state index < -0.39 is 9.84 Å². The van der Waals surface area contributed by atoms with Crippen LogP contribution in [0.4, 0.5) is 0 Å². The van der Waals surface area contributed by atoms with Gasteiger partial charge in [-0.1, -0.05) is 0 Å². The van der Waals surface area contributed by atoms with Crippen molar-refractivity contribution in [3.63, 3.8) is 0 Å². The zero-order valence-corrected chi connectivity index (χ0v) is 7.30. The smallest absolute Gasteiger partial charge is 0.150 e. The van der Waals surface area contributed by atoms with Crippen LogP contribution in [0.25, 0.3) is 0 Å². The van der Waals surface area contributed by atoms with Crippen molar-refractivity contribution in [1.82, 2.24) is 0 Å². The van der Waals surface area contributed by atoms with Gasteiger partial charge in [-0.3, -0.25) is 0 Å². The number of sulfone groups is 1. The van der Waals surface area contributed by atoms with Gasteiger partial charge in [0.05, 0.1) is 5.25 Å². The lowest BCUT2D eigenvalue weighted by Crippen LogP contribution is -2.16. The average molecular weight is 176 g/mol. The van der Waals surface area contributed by atoms with Gasteiger partial charge in [0.2, 0.25) is 0 Å². The summed E-state index contributed by atoms with van der Waals surface area (Å²) in [4.78, 5) is 10.3. The van der Waals surface area contributed by atoms with Crippen molar-refractivity contribution >= 4 is 16.1 Å². The SMILES string of the molecule is CS(=O)(=O)[C@H]1CC[C@H](C=O)C1. The normalized spacial score (nSPS) is 32.1. The zero-order valence-electron chi connectivity index (χ0n) is 6.49. The van der Waals surface area contributed by atoms with Gasteiger partial charge >= 0.3 is 0 Å². The fraction of sp³-hybridized carbons (Fsp3) is 0.857. The first kappa shape index (κ1) is 8.71. The highest BCUT2D eigenvalue weighted by Crippen LogP contribution is 2.28. The molecular weight excluding hydrogens is 164 g/mol. The third-order valence-corrected chi connectivity index (χ3v) is 3.86. The molecule has 3 nitrogen and oxygen atoms in total. The molecule has 1 saturated carbocycles. The molecule has 0 unspecified atom stereocenters. The van der Waals surface area contributed by atoms with Crippen LogP contribution in [0.3, 0.4) is 0 Å². The van der Waals surface area contributed by atoms with Gasteiger partial charge in [0, 0.05) is 12.2 Å². The number of aldehydes is 1. The van der Waals surface area contributed by atoms with Crippen molar-refractivity contribution in [2.45, 2.75) is 24.5 Å². The number of hydrogen-bond acceptors (Lipinski definition) is 3. The van der Waals surface area contributed by atoms with Crippen LogP contribution in [0, 0.1) is 5.92 Å². The summed E-state index contributed by atoms with van der Waals surface area (Å²) in [6, 6.07) is 0.